The Morgan fingerprint density at radius 3 is 2.62 bits per heavy atom. The van der Waals surface area contributed by atoms with Gasteiger partial charge in [-0.25, -0.2) is 8.42 Å². The molecule has 1 aliphatic carbocycles. The van der Waals surface area contributed by atoms with Gasteiger partial charge in [-0.2, -0.15) is 4.31 Å². The van der Waals surface area contributed by atoms with Crippen molar-refractivity contribution < 1.29 is 18.3 Å². The number of sulfonamides is 1. The van der Waals surface area contributed by atoms with Crippen LogP contribution in [-0.4, -0.2) is 48.7 Å². The molecule has 6 nitrogen and oxygen atoms in total. The van der Waals surface area contributed by atoms with Gasteiger partial charge in [0.15, 0.2) is 0 Å². The molecule has 0 amide bonds. The van der Waals surface area contributed by atoms with Crippen molar-refractivity contribution in [1.29, 1.82) is 0 Å². The summed E-state index contributed by atoms with van der Waals surface area (Å²) < 4.78 is 33.9. The Balaban J connectivity index is 2.32. The van der Waals surface area contributed by atoms with Crippen molar-refractivity contribution in [3.8, 4) is 0 Å². The number of rotatable bonds is 8. The summed E-state index contributed by atoms with van der Waals surface area (Å²) in [5, 5.41) is 9.41. The Bertz CT molecular complexity index is 576. The second-order valence-electron chi connectivity index (χ2n) is 5.67. The molecule has 21 heavy (non-hydrogen) atoms. The van der Waals surface area contributed by atoms with Gasteiger partial charge in [0, 0.05) is 37.6 Å². The van der Waals surface area contributed by atoms with Crippen molar-refractivity contribution in [3.05, 3.63) is 18.0 Å². The van der Waals surface area contributed by atoms with Crippen molar-refractivity contribution in [2.45, 2.75) is 50.3 Å². The molecule has 1 saturated carbocycles. The smallest absolute Gasteiger partial charge is 0.244 e. The first-order chi connectivity index (χ1) is 9.91. The van der Waals surface area contributed by atoms with E-state index in [9.17, 15) is 13.5 Å². The average molecular weight is 316 g/mol. The second kappa shape index (κ2) is 6.48. The molecule has 120 valence electrons. The van der Waals surface area contributed by atoms with E-state index in [0.29, 0.717) is 24.9 Å². The van der Waals surface area contributed by atoms with Crippen molar-refractivity contribution in [2.75, 3.05) is 20.3 Å². The van der Waals surface area contributed by atoms with Crippen LogP contribution in [0.4, 0.5) is 0 Å². The Morgan fingerprint density at radius 2 is 2.14 bits per heavy atom. The number of nitrogens with zero attached hydrogens (tertiary/aromatic N) is 2. The predicted octanol–water partition coefficient (Wildman–Crippen LogP) is 1.36. The third-order valence-corrected chi connectivity index (χ3v) is 5.75. The lowest BCUT2D eigenvalue weighted by atomic mass is 10.4. The molecule has 0 spiro atoms. The highest BCUT2D eigenvalue weighted by molar-refractivity contribution is 7.89. The molecule has 0 saturated heterocycles. The monoisotopic (exact) mass is 316 g/mol. The first-order valence-corrected chi connectivity index (χ1v) is 8.68. The number of aliphatic hydroxyl groups is 1. The molecule has 1 fully saturated rings. The molecule has 0 radical (unpaired) electrons. The molecular weight excluding hydrogens is 292 g/mol. The maximum Gasteiger partial charge on any atom is 0.244 e. The summed E-state index contributed by atoms with van der Waals surface area (Å²) >= 11 is 0. The second-order valence-corrected chi connectivity index (χ2v) is 7.56. The summed E-state index contributed by atoms with van der Waals surface area (Å²) in [7, 11) is -2.01. The van der Waals surface area contributed by atoms with Crippen LogP contribution < -0.4 is 0 Å². The molecule has 1 heterocycles. The normalized spacial score (nSPS) is 16.1. The third-order valence-electron chi connectivity index (χ3n) is 3.71. The van der Waals surface area contributed by atoms with Crippen LogP contribution in [-0.2, 0) is 21.4 Å². The van der Waals surface area contributed by atoms with Crippen LogP contribution in [0.5, 0.6) is 0 Å². The van der Waals surface area contributed by atoms with Gasteiger partial charge in [-0.05, 0) is 32.8 Å². The fourth-order valence-electron chi connectivity index (χ4n) is 2.43. The standard InChI is InChI=1S/C14H24N2O4S/c1-11(2)16(6-7-20-3)21(18,19)14-8-13(10-17)15(9-14)12-4-5-12/h8-9,11-12,17H,4-7,10H2,1-3H3. The van der Waals surface area contributed by atoms with Crippen molar-refractivity contribution in [3.63, 3.8) is 0 Å². The molecule has 0 aliphatic heterocycles. The van der Waals surface area contributed by atoms with E-state index in [1.165, 1.54) is 4.31 Å². The van der Waals surface area contributed by atoms with Gasteiger partial charge in [0.05, 0.1) is 13.2 Å². The SMILES string of the molecule is COCCN(C(C)C)S(=O)(=O)c1cc(CO)n(C2CC2)c1. The minimum atomic E-state index is -3.57. The summed E-state index contributed by atoms with van der Waals surface area (Å²) in [6.07, 6.45) is 3.73. The maximum atomic E-state index is 12.8. The highest BCUT2D eigenvalue weighted by Gasteiger charge is 2.31. The Hall–Kier alpha value is -0.890. The molecule has 1 aliphatic rings. The number of aliphatic hydroxyl groups excluding tert-OH is 1. The summed E-state index contributed by atoms with van der Waals surface area (Å²) in [4.78, 5) is 0.253. The van der Waals surface area contributed by atoms with Crippen LogP contribution in [0.1, 0.15) is 38.4 Å². The van der Waals surface area contributed by atoms with Crippen LogP contribution in [0.2, 0.25) is 0 Å². The fraction of sp³-hybridized carbons (Fsp3) is 0.714. The maximum absolute atomic E-state index is 12.8. The lowest BCUT2D eigenvalue weighted by Crippen LogP contribution is -2.39. The van der Waals surface area contributed by atoms with Crippen LogP contribution in [0.15, 0.2) is 17.2 Å². The lowest BCUT2D eigenvalue weighted by Gasteiger charge is -2.25. The molecule has 1 N–H and O–H groups in total. The Labute approximate surface area is 126 Å². The quantitative estimate of drug-likeness (QED) is 0.786. The molecule has 0 bridgehead atoms. The van der Waals surface area contributed by atoms with Crippen molar-refractivity contribution >= 4 is 10.0 Å². The molecule has 0 aromatic carbocycles. The third kappa shape index (κ3) is 3.48. The Morgan fingerprint density at radius 1 is 1.48 bits per heavy atom. The lowest BCUT2D eigenvalue weighted by molar-refractivity contribution is 0.171. The number of hydrogen-bond acceptors (Lipinski definition) is 4. The van der Waals surface area contributed by atoms with E-state index in [1.54, 1.807) is 19.4 Å². The minimum absolute atomic E-state index is 0.146. The zero-order valence-electron chi connectivity index (χ0n) is 12.8. The summed E-state index contributed by atoms with van der Waals surface area (Å²) in [6.45, 7) is 4.22. The van der Waals surface area contributed by atoms with Gasteiger partial charge < -0.3 is 14.4 Å². The Kier molecular flexibility index (Phi) is 5.08. The van der Waals surface area contributed by atoms with E-state index in [0.717, 1.165) is 12.8 Å². The van der Waals surface area contributed by atoms with Gasteiger partial charge in [0.25, 0.3) is 0 Å². The topological polar surface area (TPSA) is 71.8 Å². The van der Waals surface area contributed by atoms with E-state index in [-0.39, 0.29) is 17.5 Å². The highest BCUT2D eigenvalue weighted by atomic mass is 32.2. The zero-order valence-corrected chi connectivity index (χ0v) is 13.6. The minimum Gasteiger partial charge on any atom is -0.390 e. The van der Waals surface area contributed by atoms with E-state index in [2.05, 4.69) is 0 Å². The van der Waals surface area contributed by atoms with Crippen LogP contribution in [0, 0.1) is 0 Å². The summed E-state index contributed by atoms with van der Waals surface area (Å²) in [5.74, 6) is 0. The molecule has 1 aromatic rings. The molecule has 0 unspecified atom stereocenters. The van der Waals surface area contributed by atoms with Crippen LogP contribution in [0.25, 0.3) is 0 Å². The largest absolute Gasteiger partial charge is 0.390 e. The van der Waals surface area contributed by atoms with E-state index < -0.39 is 10.0 Å². The van der Waals surface area contributed by atoms with Gasteiger partial charge in [-0.15, -0.1) is 0 Å². The number of aromatic nitrogens is 1. The number of ether oxygens (including phenoxy) is 1. The number of hydrogen-bond donors (Lipinski definition) is 1. The van der Waals surface area contributed by atoms with Crippen molar-refractivity contribution in [2.24, 2.45) is 0 Å². The molecular formula is C14H24N2O4S. The van der Waals surface area contributed by atoms with E-state index in [4.69, 9.17) is 4.74 Å². The van der Waals surface area contributed by atoms with Crippen molar-refractivity contribution in [1.82, 2.24) is 8.87 Å². The van der Waals surface area contributed by atoms with Gasteiger partial charge in [0.1, 0.15) is 4.90 Å². The van der Waals surface area contributed by atoms with Gasteiger partial charge in [-0.1, -0.05) is 0 Å². The molecule has 1 aromatic heterocycles. The first-order valence-electron chi connectivity index (χ1n) is 7.24. The molecule has 2 rings (SSSR count). The van der Waals surface area contributed by atoms with Gasteiger partial charge >= 0.3 is 0 Å². The average Bonchev–Trinajstić information content (AvgIpc) is 3.17. The molecule has 0 atom stereocenters. The van der Waals surface area contributed by atoms with Crippen LogP contribution >= 0.6 is 0 Å². The fourth-order valence-corrected chi connectivity index (χ4v) is 4.10. The van der Waals surface area contributed by atoms with Crippen LogP contribution in [0.3, 0.4) is 0 Å². The van der Waals surface area contributed by atoms with E-state index >= 15 is 0 Å². The van der Waals surface area contributed by atoms with Gasteiger partial charge in [-0.3, -0.25) is 0 Å². The first kappa shape index (κ1) is 16.5. The summed E-state index contributed by atoms with van der Waals surface area (Å²) in [5.41, 5.74) is 0.659. The number of methoxy groups -OCH3 is 1. The summed E-state index contributed by atoms with van der Waals surface area (Å²) in [6, 6.07) is 1.77. The highest BCUT2D eigenvalue weighted by Crippen LogP contribution is 2.37. The molecule has 7 heteroatoms. The predicted molar refractivity (Wildman–Crippen MR) is 79.5 cm³/mol. The van der Waals surface area contributed by atoms with E-state index in [1.807, 2.05) is 18.4 Å². The van der Waals surface area contributed by atoms with Gasteiger partial charge in [0.2, 0.25) is 10.0 Å². The zero-order chi connectivity index (χ0) is 15.6.